The molecule has 1 rings (SSSR count). The third-order valence-electron chi connectivity index (χ3n) is 2.39. The Morgan fingerprint density at radius 2 is 2.29 bits per heavy atom. The molecular weight excluding hydrogens is 236 g/mol. The molecule has 0 saturated carbocycles. The predicted molar refractivity (Wildman–Crippen MR) is 72.6 cm³/mol. The van der Waals surface area contributed by atoms with Gasteiger partial charge in [0, 0.05) is 6.54 Å². The molecule has 1 aromatic rings. The molecule has 0 radical (unpaired) electrons. The van der Waals surface area contributed by atoms with Crippen LogP contribution >= 0.6 is 11.3 Å². The van der Waals surface area contributed by atoms with E-state index in [9.17, 15) is 4.79 Å². The number of anilines is 2. The average Bonchev–Trinajstić information content (AvgIpc) is 2.65. The monoisotopic (exact) mass is 256 g/mol. The number of methoxy groups -OCH3 is 1. The summed E-state index contributed by atoms with van der Waals surface area (Å²) in [5.41, 5.74) is 6.22. The number of nitrogens with one attached hydrogen (secondary N) is 1. The highest BCUT2D eigenvalue weighted by atomic mass is 32.1. The van der Waals surface area contributed by atoms with Gasteiger partial charge in [0.2, 0.25) is 0 Å². The standard InChI is InChI=1S/C12H20N2O2S/c1-8(2)5-4-6-14-10-7-9(13)11(17-10)12(15)16-3/h7-8,14H,4-6,13H2,1-3H3. The fourth-order valence-corrected chi connectivity index (χ4v) is 2.39. The molecule has 1 aromatic heterocycles. The number of esters is 1. The van der Waals surface area contributed by atoms with E-state index in [-0.39, 0.29) is 5.97 Å². The molecule has 17 heavy (non-hydrogen) atoms. The fourth-order valence-electron chi connectivity index (χ4n) is 1.47. The van der Waals surface area contributed by atoms with Gasteiger partial charge < -0.3 is 15.8 Å². The van der Waals surface area contributed by atoms with Crippen molar-refractivity contribution in [2.45, 2.75) is 26.7 Å². The summed E-state index contributed by atoms with van der Waals surface area (Å²) in [5.74, 6) is 0.346. The minimum Gasteiger partial charge on any atom is -0.465 e. The van der Waals surface area contributed by atoms with Crippen molar-refractivity contribution in [3.05, 3.63) is 10.9 Å². The summed E-state index contributed by atoms with van der Waals surface area (Å²) in [6, 6.07) is 1.78. The SMILES string of the molecule is COC(=O)c1sc(NCCCC(C)C)cc1N. The van der Waals surface area contributed by atoms with Crippen LogP contribution in [0.1, 0.15) is 36.4 Å². The van der Waals surface area contributed by atoms with E-state index in [1.807, 2.05) is 0 Å². The van der Waals surface area contributed by atoms with Gasteiger partial charge in [0.15, 0.2) is 0 Å². The average molecular weight is 256 g/mol. The van der Waals surface area contributed by atoms with Gasteiger partial charge in [-0.3, -0.25) is 0 Å². The number of rotatable bonds is 6. The molecular formula is C12H20N2O2S. The van der Waals surface area contributed by atoms with Crippen LogP contribution in [0.15, 0.2) is 6.07 Å². The first-order valence-corrected chi connectivity index (χ1v) is 6.57. The molecule has 0 aliphatic heterocycles. The molecule has 5 heteroatoms. The largest absolute Gasteiger partial charge is 0.465 e. The Kier molecular flexibility index (Phi) is 5.28. The minimum atomic E-state index is -0.372. The molecule has 0 aromatic carbocycles. The lowest BCUT2D eigenvalue weighted by atomic mass is 10.1. The number of carbonyl (C=O) groups excluding carboxylic acids is 1. The van der Waals surface area contributed by atoms with Crippen molar-refractivity contribution >= 4 is 28.0 Å². The first kappa shape index (κ1) is 13.8. The van der Waals surface area contributed by atoms with Crippen molar-refractivity contribution in [2.75, 3.05) is 24.7 Å². The predicted octanol–water partition coefficient (Wildman–Crippen LogP) is 2.97. The van der Waals surface area contributed by atoms with E-state index in [0.29, 0.717) is 10.6 Å². The number of nitrogens with two attached hydrogens (primary N) is 1. The van der Waals surface area contributed by atoms with Gasteiger partial charge in [-0.15, -0.1) is 11.3 Å². The van der Waals surface area contributed by atoms with Gasteiger partial charge in [-0.2, -0.15) is 0 Å². The van der Waals surface area contributed by atoms with Crippen LogP contribution in [0.3, 0.4) is 0 Å². The number of ether oxygens (including phenoxy) is 1. The van der Waals surface area contributed by atoms with E-state index in [1.54, 1.807) is 6.07 Å². The molecule has 0 spiro atoms. The van der Waals surface area contributed by atoms with Crippen LogP contribution in [-0.4, -0.2) is 19.6 Å². The van der Waals surface area contributed by atoms with Gasteiger partial charge in [-0.1, -0.05) is 13.8 Å². The fraction of sp³-hybridized carbons (Fsp3) is 0.583. The highest BCUT2D eigenvalue weighted by Crippen LogP contribution is 2.29. The maximum atomic E-state index is 11.3. The first-order valence-electron chi connectivity index (χ1n) is 5.76. The summed E-state index contributed by atoms with van der Waals surface area (Å²) in [6.45, 7) is 5.32. The zero-order chi connectivity index (χ0) is 12.8. The topological polar surface area (TPSA) is 64.3 Å². The van der Waals surface area contributed by atoms with Gasteiger partial charge in [0.05, 0.1) is 17.8 Å². The number of nitrogen functional groups attached to an aromatic ring is 1. The van der Waals surface area contributed by atoms with Crippen molar-refractivity contribution in [1.29, 1.82) is 0 Å². The van der Waals surface area contributed by atoms with Gasteiger partial charge >= 0.3 is 5.97 Å². The number of carbonyl (C=O) groups is 1. The number of hydrogen-bond donors (Lipinski definition) is 2. The van der Waals surface area contributed by atoms with Crippen LogP contribution in [0.25, 0.3) is 0 Å². The lowest BCUT2D eigenvalue weighted by Gasteiger charge is -2.05. The normalized spacial score (nSPS) is 10.6. The lowest BCUT2D eigenvalue weighted by Crippen LogP contribution is -2.01. The van der Waals surface area contributed by atoms with Crippen LogP contribution in [0, 0.1) is 5.92 Å². The molecule has 4 nitrogen and oxygen atoms in total. The second kappa shape index (κ2) is 6.49. The van der Waals surface area contributed by atoms with Gasteiger partial charge in [0.25, 0.3) is 0 Å². The zero-order valence-electron chi connectivity index (χ0n) is 10.6. The Morgan fingerprint density at radius 3 is 2.88 bits per heavy atom. The molecule has 1 heterocycles. The van der Waals surface area contributed by atoms with Crippen LogP contribution in [0.5, 0.6) is 0 Å². The Labute approximate surface area is 106 Å². The highest BCUT2D eigenvalue weighted by molar-refractivity contribution is 7.18. The number of hydrogen-bond acceptors (Lipinski definition) is 5. The van der Waals surface area contributed by atoms with Gasteiger partial charge in [-0.05, 0) is 24.8 Å². The van der Waals surface area contributed by atoms with Gasteiger partial charge in [-0.25, -0.2) is 4.79 Å². The van der Waals surface area contributed by atoms with E-state index in [2.05, 4.69) is 23.9 Å². The summed E-state index contributed by atoms with van der Waals surface area (Å²) in [7, 11) is 1.36. The van der Waals surface area contributed by atoms with Crippen LogP contribution in [0.2, 0.25) is 0 Å². The molecule has 96 valence electrons. The van der Waals surface area contributed by atoms with Crippen LogP contribution in [-0.2, 0) is 4.74 Å². The molecule has 0 bridgehead atoms. The summed E-state index contributed by atoms with van der Waals surface area (Å²) < 4.78 is 4.65. The quantitative estimate of drug-likeness (QED) is 0.606. The Morgan fingerprint density at radius 1 is 1.59 bits per heavy atom. The van der Waals surface area contributed by atoms with E-state index in [0.717, 1.165) is 23.9 Å². The molecule has 0 fully saturated rings. The molecule has 0 amide bonds. The summed E-state index contributed by atoms with van der Waals surface area (Å²) in [6.07, 6.45) is 2.31. The Hall–Kier alpha value is -1.23. The lowest BCUT2D eigenvalue weighted by molar-refractivity contribution is 0.0607. The van der Waals surface area contributed by atoms with E-state index in [4.69, 9.17) is 5.73 Å². The van der Waals surface area contributed by atoms with Crippen molar-refractivity contribution < 1.29 is 9.53 Å². The Balaban J connectivity index is 2.47. The Bertz CT molecular complexity index is 375. The summed E-state index contributed by atoms with van der Waals surface area (Å²) in [4.78, 5) is 11.8. The molecule has 3 N–H and O–H groups in total. The second-order valence-electron chi connectivity index (χ2n) is 4.35. The molecule has 0 atom stereocenters. The third-order valence-corrected chi connectivity index (χ3v) is 3.48. The maximum absolute atomic E-state index is 11.3. The van der Waals surface area contributed by atoms with Crippen molar-refractivity contribution in [3.63, 3.8) is 0 Å². The molecule has 0 saturated heterocycles. The second-order valence-corrected chi connectivity index (χ2v) is 5.40. The van der Waals surface area contributed by atoms with E-state index < -0.39 is 0 Å². The minimum absolute atomic E-state index is 0.372. The van der Waals surface area contributed by atoms with Crippen LogP contribution in [0.4, 0.5) is 10.7 Å². The van der Waals surface area contributed by atoms with E-state index in [1.165, 1.54) is 24.9 Å². The smallest absolute Gasteiger partial charge is 0.350 e. The summed E-state index contributed by atoms with van der Waals surface area (Å²) in [5, 5.41) is 4.19. The van der Waals surface area contributed by atoms with Crippen molar-refractivity contribution in [2.24, 2.45) is 5.92 Å². The van der Waals surface area contributed by atoms with E-state index >= 15 is 0 Å². The zero-order valence-corrected chi connectivity index (χ0v) is 11.4. The highest BCUT2D eigenvalue weighted by Gasteiger charge is 2.14. The van der Waals surface area contributed by atoms with Gasteiger partial charge in [0.1, 0.15) is 4.88 Å². The summed E-state index contributed by atoms with van der Waals surface area (Å²) >= 11 is 1.34. The molecule has 0 aliphatic rings. The maximum Gasteiger partial charge on any atom is 0.350 e. The molecule has 0 unspecified atom stereocenters. The molecule has 0 aliphatic carbocycles. The first-order chi connectivity index (χ1) is 8.04. The van der Waals surface area contributed by atoms with Crippen LogP contribution < -0.4 is 11.1 Å². The van der Waals surface area contributed by atoms with Crippen molar-refractivity contribution in [1.82, 2.24) is 0 Å². The van der Waals surface area contributed by atoms with Crippen molar-refractivity contribution in [3.8, 4) is 0 Å². The number of thiophene rings is 1. The third kappa shape index (κ3) is 4.26.